The predicted molar refractivity (Wildman–Crippen MR) is 98.6 cm³/mol. The second-order valence-corrected chi connectivity index (χ2v) is 6.48. The molecule has 0 saturated carbocycles. The molecule has 2 aromatic carbocycles. The van der Waals surface area contributed by atoms with Crippen LogP contribution in [-0.4, -0.2) is 33.2 Å². The fraction of sp³-hybridized carbons (Fsp3) is 0. The van der Waals surface area contributed by atoms with E-state index in [0.717, 1.165) is 17.8 Å². The maximum absolute atomic E-state index is 12.3. The van der Waals surface area contributed by atoms with Crippen molar-refractivity contribution >= 4 is 46.5 Å². The predicted octanol–water partition coefficient (Wildman–Crippen LogP) is 2.67. The van der Waals surface area contributed by atoms with Crippen LogP contribution in [0, 0.1) is 0 Å². The van der Waals surface area contributed by atoms with Gasteiger partial charge in [0.2, 0.25) is 0 Å². The van der Waals surface area contributed by atoms with Gasteiger partial charge in [0.25, 0.3) is 17.1 Å². The topological polar surface area (TPSA) is 133 Å². The highest BCUT2D eigenvalue weighted by molar-refractivity contribution is 8.18. The lowest BCUT2D eigenvalue weighted by molar-refractivity contribution is -0.115. The van der Waals surface area contributed by atoms with Crippen LogP contribution >= 0.6 is 11.8 Å². The van der Waals surface area contributed by atoms with E-state index in [1.807, 2.05) is 0 Å². The third kappa shape index (κ3) is 4.15. The lowest BCUT2D eigenvalue weighted by Gasteiger charge is -2.07. The van der Waals surface area contributed by atoms with Gasteiger partial charge in [-0.05, 0) is 47.7 Å². The van der Waals surface area contributed by atoms with E-state index in [4.69, 9.17) is 5.11 Å². The Balaban J connectivity index is 1.72. The van der Waals surface area contributed by atoms with Gasteiger partial charge in [-0.15, -0.1) is 0 Å². The first-order valence-electron chi connectivity index (χ1n) is 7.56. The number of hydrogen-bond donors (Lipinski definition) is 4. The molecule has 4 N–H and O–H groups in total. The van der Waals surface area contributed by atoms with Crippen LogP contribution in [0.5, 0.6) is 5.75 Å². The molecule has 0 aromatic heterocycles. The first-order valence-corrected chi connectivity index (χ1v) is 8.38. The van der Waals surface area contributed by atoms with E-state index in [2.05, 4.69) is 10.6 Å². The molecule has 1 aliphatic rings. The van der Waals surface area contributed by atoms with Gasteiger partial charge >= 0.3 is 5.97 Å². The molecule has 1 aliphatic heterocycles. The molecule has 0 atom stereocenters. The first-order chi connectivity index (χ1) is 12.8. The number of carboxylic acid groups (broad SMARTS) is 1. The molecule has 9 heteroatoms. The van der Waals surface area contributed by atoms with E-state index in [1.54, 1.807) is 12.1 Å². The number of phenols is 1. The Hall–Kier alpha value is -3.59. The monoisotopic (exact) mass is 384 g/mol. The summed E-state index contributed by atoms with van der Waals surface area (Å²) in [6, 6.07) is 10.0. The molecule has 2 aromatic rings. The summed E-state index contributed by atoms with van der Waals surface area (Å²) >= 11 is 0.802. The number of benzene rings is 2. The highest BCUT2D eigenvalue weighted by Gasteiger charge is 2.24. The van der Waals surface area contributed by atoms with Gasteiger partial charge in [-0.3, -0.25) is 19.7 Å². The van der Waals surface area contributed by atoms with Crippen molar-refractivity contribution in [3.05, 3.63) is 64.1 Å². The zero-order valence-corrected chi connectivity index (χ0v) is 14.4. The molecule has 1 saturated heterocycles. The molecule has 0 unspecified atom stereocenters. The second kappa shape index (κ2) is 7.34. The summed E-state index contributed by atoms with van der Waals surface area (Å²) in [5.74, 6) is -2.65. The Labute approximate surface area is 156 Å². The van der Waals surface area contributed by atoms with Gasteiger partial charge < -0.3 is 15.5 Å². The molecule has 0 radical (unpaired) electrons. The maximum Gasteiger partial charge on any atom is 0.339 e. The standard InChI is InChI=1S/C18H12N2O6S/c21-13-8-11(5-6-12(13)17(24)25)19-15(22)10-3-1-9(2-4-10)7-14-16(23)20-18(26)27-14/h1-8,21H,(H,19,22)(H,24,25)(H,20,23,26)/b14-7-. The number of rotatable bonds is 4. The summed E-state index contributed by atoms with van der Waals surface area (Å²) in [6.07, 6.45) is 1.54. The average molecular weight is 384 g/mol. The Kier molecular flexibility index (Phi) is 4.95. The fourth-order valence-corrected chi connectivity index (χ4v) is 2.98. The first kappa shape index (κ1) is 18.2. The van der Waals surface area contributed by atoms with Crippen molar-refractivity contribution in [2.75, 3.05) is 5.32 Å². The lowest BCUT2D eigenvalue weighted by Crippen LogP contribution is -2.17. The number of anilines is 1. The number of carboxylic acids is 1. The number of imide groups is 1. The van der Waals surface area contributed by atoms with Crippen molar-refractivity contribution in [2.24, 2.45) is 0 Å². The molecule has 136 valence electrons. The Morgan fingerprint density at radius 3 is 2.33 bits per heavy atom. The van der Waals surface area contributed by atoms with Gasteiger partial charge in [-0.2, -0.15) is 0 Å². The average Bonchev–Trinajstić information content (AvgIpc) is 2.92. The SMILES string of the molecule is O=C1NC(=O)/C(=C/c2ccc(C(=O)Nc3ccc(C(=O)O)c(O)c3)cc2)S1. The van der Waals surface area contributed by atoms with Crippen LogP contribution in [-0.2, 0) is 4.79 Å². The third-order valence-corrected chi connectivity index (χ3v) is 4.41. The number of thioether (sulfide) groups is 1. The van der Waals surface area contributed by atoms with E-state index in [-0.39, 0.29) is 16.2 Å². The minimum Gasteiger partial charge on any atom is -0.507 e. The fourth-order valence-electron chi connectivity index (χ4n) is 2.30. The van der Waals surface area contributed by atoms with E-state index >= 15 is 0 Å². The Morgan fingerprint density at radius 1 is 1.07 bits per heavy atom. The molecule has 3 amide bonds. The Morgan fingerprint density at radius 2 is 1.78 bits per heavy atom. The molecule has 1 fully saturated rings. The van der Waals surface area contributed by atoms with Gasteiger partial charge in [-0.1, -0.05) is 12.1 Å². The normalized spacial score (nSPS) is 14.9. The second-order valence-electron chi connectivity index (χ2n) is 5.47. The summed E-state index contributed by atoms with van der Waals surface area (Å²) in [6.45, 7) is 0. The van der Waals surface area contributed by atoms with Crippen molar-refractivity contribution in [1.29, 1.82) is 0 Å². The molecule has 27 heavy (non-hydrogen) atoms. The zero-order valence-electron chi connectivity index (χ0n) is 13.6. The van der Waals surface area contributed by atoms with E-state index in [9.17, 15) is 24.3 Å². The summed E-state index contributed by atoms with van der Waals surface area (Å²) in [7, 11) is 0. The molecule has 0 aliphatic carbocycles. The van der Waals surface area contributed by atoms with Gasteiger partial charge in [0.05, 0.1) is 4.91 Å². The number of amides is 3. The number of aromatic carboxylic acids is 1. The van der Waals surface area contributed by atoms with Gasteiger partial charge in [0.15, 0.2) is 0 Å². The van der Waals surface area contributed by atoms with Crippen molar-refractivity contribution in [3.63, 3.8) is 0 Å². The summed E-state index contributed by atoms with van der Waals surface area (Å²) in [4.78, 5) is 46.1. The number of carbonyl (C=O) groups is 4. The van der Waals surface area contributed by atoms with Gasteiger partial charge in [0, 0.05) is 17.3 Å². The smallest absolute Gasteiger partial charge is 0.339 e. The quantitative estimate of drug-likeness (QED) is 0.596. The number of nitrogens with one attached hydrogen (secondary N) is 2. The summed E-state index contributed by atoms with van der Waals surface area (Å²) in [5, 5.41) is 22.8. The molecule has 0 bridgehead atoms. The third-order valence-electron chi connectivity index (χ3n) is 3.60. The van der Waals surface area contributed by atoms with E-state index in [0.29, 0.717) is 11.1 Å². The van der Waals surface area contributed by atoms with E-state index < -0.39 is 28.8 Å². The van der Waals surface area contributed by atoms with Crippen LogP contribution in [0.4, 0.5) is 10.5 Å². The maximum atomic E-state index is 12.3. The number of hydrogen-bond acceptors (Lipinski definition) is 6. The molecule has 8 nitrogen and oxygen atoms in total. The molecule has 3 rings (SSSR count). The number of carbonyl (C=O) groups excluding carboxylic acids is 3. The zero-order chi connectivity index (χ0) is 19.6. The minimum atomic E-state index is -1.27. The Bertz CT molecular complexity index is 997. The minimum absolute atomic E-state index is 0.242. The van der Waals surface area contributed by atoms with Crippen molar-refractivity contribution < 1.29 is 29.4 Å². The van der Waals surface area contributed by atoms with Crippen molar-refractivity contribution in [1.82, 2.24) is 5.32 Å². The highest BCUT2D eigenvalue weighted by atomic mass is 32.2. The van der Waals surface area contributed by atoms with Gasteiger partial charge in [0.1, 0.15) is 11.3 Å². The van der Waals surface area contributed by atoms with Crippen LogP contribution in [0.2, 0.25) is 0 Å². The van der Waals surface area contributed by atoms with E-state index in [1.165, 1.54) is 30.3 Å². The van der Waals surface area contributed by atoms with Crippen LogP contribution < -0.4 is 10.6 Å². The lowest BCUT2D eigenvalue weighted by atomic mass is 10.1. The molecular weight excluding hydrogens is 372 g/mol. The molecule has 0 spiro atoms. The number of aromatic hydroxyl groups is 1. The van der Waals surface area contributed by atoms with Crippen LogP contribution in [0.3, 0.4) is 0 Å². The van der Waals surface area contributed by atoms with Crippen LogP contribution in [0.15, 0.2) is 47.4 Å². The largest absolute Gasteiger partial charge is 0.507 e. The summed E-state index contributed by atoms with van der Waals surface area (Å²) in [5.41, 5.74) is 0.935. The van der Waals surface area contributed by atoms with Crippen molar-refractivity contribution in [3.8, 4) is 5.75 Å². The highest BCUT2D eigenvalue weighted by Crippen LogP contribution is 2.26. The molecular formula is C18H12N2O6S. The van der Waals surface area contributed by atoms with Gasteiger partial charge in [-0.25, -0.2) is 4.79 Å². The van der Waals surface area contributed by atoms with Crippen LogP contribution in [0.1, 0.15) is 26.3 Å². The molecule has 1 heterocycles. The van der Waals surface area contributed by atoms with Crippen molar-refractivity contribution in [2.45, 2.75) is 0 Å². The summed E-state index contributed by atoms with van der Waals surface area (Å²) < 4.78 is 0. The van der Waals surface area contributed by atoms with Crippen LogP contribution in [0.25, 0.3) is 6.08 Å².